The van der Waals surface area contributed by atoms with Gasteiger partial charge in [-0.25, -0.2) is 0 Å². The molecular formula is C10H21NO3. The minimum atomic E-state index is -0.809. The minimum Gasteiger partial charge on any atom is -0.481 e. The summed E-state index contributed by atoms with van der Waals surface area (Å²) in [6, 6.07) is 0. The van der Waals surface area contributed by atoms with Crippen LogP contribution >= 0.6 is 0 Å². The standard InChI is InChI=1S/C10H21NO3/c1-4-10(5-2,7-12)11-6-8(3)9(13)14/h8,11-12H,4-7H2,1-3H3,(H,13,14). The molecule has 0 aliphatic heterocycles. The monoisotopic (exact) mass is 203 g/mol. The molecule has 4 heteroatoms. The molecule has 0 aliphatic carbocycles. The molecule has 0 aromatic carbocycles. The number of nitrogens with one attached hydrogen (secondary N) is 1. The van der Waals surface area contributed by atoms with Crippen LogP contribution in [0.25, 0.3) is 0 Å². The zero-order valence-corrected chi connectivity index (χ0v) is 9.21. The number of aliphatic hydroxyl groups excluding tert-OH is 1. The van der Waals surface area contributed by atoms with Gasteiger partial charge < -0.3 is 15.5 Å². The molecule has 14 heavy (non-hydrogen) atoms. The lowest BCUT2D eigenvalue weighted by Crippen LogP contribution is -2.49. The maximum Gasteiger partial charge on any atom is 0.307 e. The molecule has 0 aliphatic rings. The number of carboxylic acid groups (broad SMARTS) is 1. The van der Waals surface area contributed by atoms with E-state index in [0.29, 0.717) is 6.54 Å². The van der Waals surface area contributed by atoms with Gasteiger partial charge in [0.2, 0.25) is 0 Å². The van der Waals surface area contributed by atoms with Gasteiger partial charge in [-0.15, -0.1) is 0 Å². The lowest BCUT2D eigenvalue weighted by atomic mass is 9.93. The summed E-state index contributed by atoms with van der Waals surface area (Å²) in [5.41, 5.74) is -0.316. The van der Waals surface area contributed by atoms with E-state index in [4.69, 9.17) is 5.11 Å². The van der Waals surface area contributed by atoms with Crippen molar-refractivity contribution in [2.45, 2.75) is 39.2 Å². The highest BCUT2D eigenvalue weighted by Crippen LogP contribution is 2.14. The summed E-state index contributed by atoms with van der Waals surface area (Å²) in [6.45, 7) is 6.07. The van der Waals surface area contributed by atoms with Gasteiger partial charge in [-0.2, -0.15) is 0 Å². The summed E-state index contributed by atoms with van der Waals surface area (Å²) in [6.07, 6.45) is 1.60. The van der Waals surface area contributed by atoms with Crippen molar-refractivity contribution in [3.8, 4) is 0 Å². The third kappa shape index (κ3) is 3.64. The van der Waals surface area contributed by atoms with Crippen molar-refractivity contribution < 1.29 is 15.0 Å². The van der Waals surface area contributed by atoms with E-state index in [1.165, 1.54) is 0 Å². The Bertz CT molecular complexity index is 170. The molecule has 0 aromatic rings. The lowest BCUT2D eigenvalue weighted by molar-refractivity contribution is -0.141. The van der Waals surface area contributed by atoms with Crippen LogP contribution in [0.5, 0.6) is 0 Å². The Kier molecular flexibility index (Phi) is 5.72. The average Bonchev–Trinajstić information content (AvgIpc) is 2.20. The highest BCUT2D eigenvalue weighted by atomic mass is 16.4. The second-order valence-corrected chi connectivity index (χ2v) is 3.77. The molecule has 0 spiro atoms. The Morgan fingerprint density at radius 2 is 1.93 bits per heavy atom. The van der Waals surface area contributed by atoms with Crippen LogP contribution in [0.2, 0.25) is 0 Å². The summed E-state index contributed by atoms with van der Waals surface area (Å²) in [5.74, 6) is -1.23. The fourth-order valence-corrected chi connectivity index (χ4v) is 1.24. The molecule has 4 nitrogen and oxygen atoms in total. The van der Waals surface area contributed by atoms with Crippen LogP contribution in [-0.2, 0) is 4.79 Å². The van der Waals surface area contributed by atoms with Crippen LogP contribution in [0.1, 0.15) is 33.6 Å². The van der Waals surface area contributed by atoms with Crippen LogP contribution in [0, 0.1) is 5.92 Å². The molecule has 0 heterocycles. The van der Waals surface area contributed by atoms with Crippen molar-refractivity contribution in [3.05, 3.63) is 0 Å². The van der Waals surface area contributed by atoms with E-state index >= 15 is 0 Å². The second-order valence-electron chi connectivity index (χ2n) is 3.77. The zero-order chi connectivity index (χ0) is 11.2. The summed E-state index contributed by atoms with van der Waals surface area (Å²) in [4.78, 5) is 10.6. The topological polar surface area (TPSA) is 69.6 Å². The highest BCUT2D eigenvalue weighted by molar-refractivity contribution is 5.69. The summed E-state index contributed by atoms with van der Waals surface area (Å²) < 4.78 is 0. The molecule has 0 amide bonds. The maximum absolute atomic E-state index is 10.6. The first kappa shape index (κ1) is 13.4. The molecule has 1 unspecified atom stereocenters. The van der Waals surface area contributed by atoms with Crippen molar-refractivity contribution >= 4 is 5.97 Å². The summed E-state index contributed by atoms with van der Waals surface area (Å²) in [7, 11) is 0. The molecule has 0 bridgehead atoms. The van der Waals surface area contributed by atoms with Crippen LogP contribution in [0.3, 0.4) is 0 Å². The molecule has 0 saturated carbocycles. The van der Waals surface area contributed by atoms with Gasteiger partial charge in [0.05, 0.1) is 12.5 Å². The minimum absolute atomic E-state index is 0.0480. The van der Waals surface area contributed by atoms with E-state index in [1.807, 2.05) is 13.8 Å². The van der Waals surface area contributed by atoms with E-state index in [0.717, 1.165) is 12.8 Å². The van der Waals surface area contributed by atoms with Gasteiger partial charge in [0.25, 0.3) is 0 Å². The van der Waals surface area contributed by atoms with Crippen molar-refractivity contribution in [2.24, 2.45) is 5.92 Å². The first-order valence-corrected chi connectivity index (χ1v) is 5.10. The van der Waals surface area contributed by atoms with Gasteiger partial charge in [0, 0.05) is 12.1 Å². The van der Waals surface area contributed by atoms with E-state index in [9.17, 15) is 9.90 Å². The Labute approximate surface area is 85.3 Å². The van der Waals surface area contributed by atoms with Crippen molar-refractivity contribution in [1.82, 2.24) is 5.32 Å². The molecule has 0 saturated heterocycles. The molecule has 0 aromatic heterocycles. The van der Waals surface area contributed by atoms with Gasteiger partial charge in [0.15, 0.2) is 0 Å². The van der Waals surface area contributed by atoms with Gasteiger partial charge >= 0.3 is 5.97 Å². The number of rotatable bonds is 7. The fourth-order valence-electron chi connectivity index (χ4n) is 1.24. The first-order chi connectivity index (χ1) is 6.51. The van der Waals surface area contributed by atoms with Gasteiger partial charge in [-0.3, -0.25) is 4.79 Å². The predicted octanol–water partition coefficient (Wildman–Crippen LogP) is 0.848. The number of aliphatic carboxylic acids is 1. The molecule has 0 radical (unpaired) electrons. The third-order valence-corrected chi connectivity index (χ3v) is 2.86. The molecule has 84 valence electrons. The lowest BCUT2D eigenvalue weighted by Gasteiger charge is -2.31. The number of carbonyl (C=O) groups is 1. The van der Waals surface area contributed by atoms with Crippen LogP contribution in [-0.4, -0.2) is 34.9 Å². The number of carboxylic acids is 1. The normalized spacial score (nSPS) is 14.0. The van der Waals surface area contributed by atoms with E-state index in [1.54, 1.807) is 6.92 Å². The Hall–Kier alpha value is -0.610. The van der Waals surface area contributed by atoms with Gasteiger partial charge in [-0.05, 0) is 12.8 Å². The van der Waals surface area contributed by atoms with Crippen molar-refractivity contribution in [1.29, 1.82) is 0 Å². The van der Waals surface area contributed by atoms with Crippen molar-refractivity contribution in [2.75, 3.05) is 13.2 Å². The molecular weight excluding hydrogens is 182 g/mol. The average molecular weight is 203 g/mol. The molecule has 0 rings (SSSR count). The Morgan fingerprint density at radius 3 is 2.21 bits per heavy atom. The highest BCUT2D eigenvalue weighted by Gasteiger charge is 2.25. The van der Waals surface area contributed by atoms with Crippen LogP contribution < -0.4 is 5.32 Å². The maximum atomic E-state index is 10.6. The zero-order valence-electron chi connectivity index (χ0n) is 9.21. The predicted molar refractivity (Wildman–Crippen MR) is 55.2 cm³/mol. The molecule has 3 N–H and O–H groups in total. The van der Waals surface area contributed by atoms with Crippen LogP contribution in [0.4, 0.5) is 0 Å². The fraction of sp³-hybridized carbons (Fsp3) is 0.900. The van der Waals surface area contributed by atoms with E-state index < -0.39 is 11.9 Å². The first-order valence-electron chi connectivity index (χ1n) is 5.10. The summed E-state index contributed by atoms with van der Waals surface area (Å²) in [5, 5.41) is 21.0. The number of aliphatic hydroxyl groups is 1. The van der Waals surface area contributed by atoms with Gasteiger partial charge in [-0.1, -0.05) is 20.8 Å². The SMILES string of the molecule is CCC(CC)(CO)NCC(C)C(=O)O. The molecule has 0 fully saturated rings. The van der Waals surface area contributed by atoms with Crippen molar-refractivity contribution in [3.63, 3.8) is 0 Å². The largest absolute Gasteiger partial charge is 0.481 e. The Morgan fingerprint density at radius 1 is 1.43 bits per heavy atom. The number of hydrogen-bond acceptors (Lipinski definition) is 3. The second kappa shape index (κ2) is 5.98. The van der Waals surface area contributed by atoms with Crippen LogP contribution in [0.15, 0.2) is 0 Å². The smallest absolute Gasteiger partial charge is 0.307 e. The van der Waals surface area contributed by atoms with E-state index in [-0.39, 0.29) is 12.1 Å². The quantitative estimate of drug-likeness (QED) is 0.573. The third-order valence-electron chi connectivity index (χ3n) is 2.86. The van der Waals surface area contributed by atoms with Gasteiger partial charge in [0.1, 0.15) is 0 Å². The summed E-state index contributed by atoms with van der Waals surface area (Å²) >= 11 is 0. The Balaban J connectivity index is 4.12. The molecule has 1 atom stereocenters. The number of hydrogen-bond donors (Lipinski definition) is 3. The van der Waals surface area contributed by atoms with E-state index in [2.05, 4.69) is 5.32 Å².